The van der Waals surface area contributed by atoms with Gasteiger partial charge in [-0.1, -0.05) is 84.4 Å². The lowest BCUT2D eigenvalue weighted by Gasteiger charge is -2.14. The lowest BCUT2D eigenvalue weighted by molar-refractivity contribution is 0.482. The summed E-state index contributed by atoms with van der Waals surface area (Å²) < 4.78 is 19.3. The van der Waals surface area contributed by atoms with Gasteiger partial charge >= 0.3 is 13.8 Å². The summed E-state index contributed by atoms with van der Waals surface area (Å²) in [7, 11) is 0. The van der Waals surface area contributed by atoms with E-state index in [9.17, 15) is 14.4 Å². The van der Waals surface area contributed by atoms with E-state index in [1.807, 2.05) is 36.4 Å². The summed E-state index contributed by atoms with van der Waals surface area (Å²) in [5.74, 6) is 1.61. The molecule has 0 saturated carbocycles. The molecule has 0 aromatic heterocycles. The molecule has 216 valence electrons. The molecule has 5 aromatic rings. The van der Waals surface area contributed by atoms with E-state index < -0.39 is 13.8 Å². The van der Waals surface area contributed by atoms with Crippen LogP contribution in [0.15, 0.2) is 115 Å². The van der Waals surface area contributed by atoms with Gasteiger partial charge in [-0.3, -0.25) is 0 Å². The molecule has 0 radical (unpaired) electrons. The first-order chi connectivity index (χ1) is 21.4. The second-order valence-corrected chi connectivity index (χ2v) is 11.6. The van der Waals surface area contributed by atoms with Crippen LogP contribution in [0.4, 0.5) is 10.1 Å². The van der Waals surface area contributed by atoms with E-state index in [1.54, 1.807) is 36.4 Å². The number of fused-ring (bicyclic) bond motifs is 2. The quantitative estimate of drug-likeness (QED) is 0.174. The average Bonchev–Trinajstić information content (AvgIpc) is 3.54. The maximum absolute atomic E-state index is 13.4. The average molecular weight is 579 g/mol. The number of halogens is 1. The van der Waals surface area contributed by atoms with Gasteiger partial charge in [-0.15, -0.1) is 0 Å². The Bertz CT molecular complexity index is 1790. The van der Waals surface area contributed by atoms with E-state index in [0.717, 1.165) is 34.2 Å². The van der Waals surface area contributed by atoms with E-state index in [0.29, 0.717) is 24.1 Å². The monoisotopic (exact) mass is 579 g/mol. The summed E-state index contributed by atoms with van der Waals surface area (Å²) in [5.41, 5.74) is 8.22. The number of hydrogen-bond acceptors (Lipinski definition) is 3. The van der Waals surface area contributed by atoms with E-state index >= 15 is 0 Å². The lowest BCUT2D eigenvalue weighted by Crippen LogP contribution is -2.25. The Morgan fingerprint density at radius 3 is 2.16 bits per heavy atom. The SMILES string of the molecule is Cc1ccc(CC2CB(O)c3ccc(F)cc32)cc1.[C-]#[N+]c1ccc(Oc2ccc3c(c2)C(c2ccccc2)CB3O)cc1. The van der Waals surface area contributed by atoms with Crippen molar-refractivity contribution in [2.75, 3.05) is 0 Å². The Morgan fingerprint density at radius 2 is 1.43 bits per heavy atom. The predicted octanol–water partition coefficient (Wildman–Crippen LogP) is 7.03. The molecule has 2 atom stereocenters. The highest BCUT2D eigenvalue weighted by Crippen LogP contribution is 2.36. The largest absolute Gasteiger partial charge is 0.457 e. The maximum Gasteiger partial charge on any atom is 0.324 e. The fourth-order valence-electron chi connectivity index (χ4n) is 6.35. The van der Waals surface area contributed by atoms with Crippen LogP contribution in [0.5, 0.6) is 11.5 Å². The summed E-state index contributed by atoms with van der Waals surface area (Å²) in [6.07, 6.45) is 2.24. The molecule has 7 rings (SSSR count). The van der Waals surface area contributed by atoms with Crippen LogP contribution in [0, 0.1) is 19.3 Å². The minimum Gasteiger partial charge on any atom is -0.457 e. The molecule has 2 aliphatic heterocycles. The number of ether oxygens (including phenoxy) is 1. The van der Waals surface area contributed by atoms with Crippen molar-refractivity contribution >= 4 is 30.4 Å². The molecule has 2 N–H and O–H groups in total. The van der Waals surface area contributed by atoms with Crippen molar-refractivity contribution in [2.45, 2.75) is 37.8 Å². The fourth-order valence-corrected chi connectivity index (χ4v) is 6.35. The van der Waals surface area contributed by atoms with Crippen molar-refractivity contribution in [2.24, 2.45) is 0 Å². The summed E-state index contributed by atoms with van der Waals surface area (Å²) >= 11 is 0. The summed E-state index contributed by atoms with van der Waals surface area (Å²) in [4.78, 5) is 3.38. The Hall–Kier alpha value is -4.63. The zero-order chi connectivity index (χ0) is 30.6. The first-order valence-electron chi connectivity index (χ1n) is 14.9. The molecule has 0 spiro atoms. The van der Waals surface area contributed by atoms with Crippen LogP contribution in [0.25, 0.3) is 4.85 Å². The second-order valence-electron chi connectivity index (χ2n) is 11.6. The Labute approximate surface area is 258 Å². The van der Waals surface area contributed by atoms with Gasteiger partial charge in [0.05, 0.1) is 6.57 Å². The molecule has 7 heteroatoms. The molecule has 0 amide bonds. The number of hydrogen-bond donors (Lipinski definition) is 2. The number of aryl methyl sites for hydroxylation is 1. The van der Waals surface area contributed by atoms with Gasteiger partial charge in [0.2, 0.25) is 0 Å². The number of rotatable bonds is 5. The van der Waals surface area contributed by atoms with Crippen molar-refractivity contribution in [1.29, 1.82) is 0 Å². The van der Waals surface area contributed by atoms with Crippen molar-refractivity contribution in [1.82, 2.24) is 0 Å². The zero-order valence-electron chi connectivity index (χ0n) is 24.5. The van der Waals surface area contributed by atoms with Gasteiger partial charge in [-0.25, -0.2) is 9.24 Å². The van der Waals surface area contributed by atoms with Gasteiger partial charge in [0.15, 0.2) is 5.69 Å². The van der Waals surface area contributed by atoms with Crippen molar-refractivity contribution in [3.05, 3.63) is 160 Å². The van der Waals surface area contributed by atoms with Crippen molar-refractivity contribution in [3.8, 4) is 11.5 Å². The van der Waals surface area contributed by atoms with Crippen molar-refractivity contribution < 1.29 is 19.2 Å². The molecule has 44 heavy (non-hydrogen) atoms. The molecular formula is C37H32B2FNO3. The second kappa shape index (κ2) is 12.9. The molecular weight excluding hydrogens is 547 g/mol. The van der Waals surface area contributed by atoms with Gasteiger partial charge in [-0.2, -0.15) is 0 Å². The fraction of sp³-hybridized carbons (Fsp3) is 0.162. The van der Waals surface area contributed by atoms with Crippen molar-refractivity contribution in [3.63, 3.8) is 0 Å². The van der Waals surface area contributed by atoms with Crippen LogP contribution in [0.1, 0.15) is 39.7 Å². The molecule has 2 aliphatic rings. The number of benzene rings is 5. The first kappa shape index (κ1) is 29.4. The van der Waals surface area contributed by atoms with Gasteiger partial charge in [0, 0.05) is 5.92 Å². The van der Waals surface area contributed by atoms with Gasteiger partial charge in [0.25, 0.3) is 0 Å². The van der Waals surface area contributed by atoms with Crippen LogP contribution in [0.2, 0.25) is 12.6 Å². The Kier molecular flexibility index (Phi) is 8.65. The van der Waals surface area contributed by atoms with E-state index in [-0.39, 0.29) is 17.7 Å². The van der Waals surface area contributed by atoms with E-state index in [2.05, 4.69) is 48.2 Å². The van der Waals surface area contributed by atoms with Crippen LogP contribution in [-0.2, 0) is 6.42 Å². The number of nitrogens with zero attached hydrogens (tertiary/aromatic N) is 1. The standard InChI is InChI=1S/C21H16BNO2.C16H16BFO/c1-23-16-7-9-17(10-8-16)25-18-11-12-21-19(13-18)20(14-22(21)24)15-5-3-2-4-6-15;1-11-2-4-12(5-3-11)8-13-10-17(19)16-7-6-14(18)9-15(13)16/h2-13,20,24H,14H2;2-7,9,13,19H,8,10H2,1H3. The molecule has 2 unspecified atom stereocenters. The van der Waals surface area contributed by atoms with Gasteiger partial charge < -0.3 is 14.8 Å². The maximum atomic E-state index is 13.4. The molecule has 0 saturated heterocycles. The zero-order valence-corrected chi connectivity index (χ0v) is 24.5. The van der Waals surface area contributed by atoms with E-state index in [4.69, 9.17) is 11.3 Å². The highest BCUT2D eigenvalue weighted by Gasteiger charge is 2.35. The third-order valence-electron chi connectivity index (χ3n) is 8.61. The van der Waals surface area contributed by atoms with Crippen LogP contribution >= 0.6 is 0 Å². The lowest BCUT2D eigenvalue weighted by atomic mass is 9.62. The van der Waals surface area contributed by atoms with E-state index in [1.165, 1.54) is 22.8 Å². The minimum absolute atomic E-state index is 0.180. The van der Waals surface area contributed by atoms with Crippen LogP contribution < -0.4 is 15.7 Å². The normalized spacial score (nSPS) is 16.4. The third-order valence-corrected chi connectivity index (χ3v) is 8.61. The van der Waals surface area contributed by atoms with Gasteiger partial charge in [0.1, 0.15) is 17.3 Å². The molecule has 0 fully saturated rings. The third kappa shape index (κ3) is 6.48. The smallest absolute Gasteiger partial charge is 0.324 e. The molecule has 2 heterocycles. The van der Waals surface area contributed by atoms with Crippen LogP contribution in [-0.4, -0.2) is 23.9 Å². The Morgan fingerprint density at radius 1 is 0.773 bits per heavy atom. The predicted molar refractivity (Wildman–Crippen MR) is 176 cm³/mol. The first-order valence-corrected chi connectivity index (χ1v) is 14.9. The summed E-state index contributed by atoms with van der Waals surface area (Å²) in [6, 6.07) is 36.3. The topological polar surface area (TPSA) is 54.0 Å². The summed E-state index contributed by atoms with van der Waals surface area (Å²) in [6.45, 7) is 8.18. The van der Waals surface area contributed by atoms with Crippen LogP contribution in [0.3, 0.4) is 0 Å². The molecule has 0 aliphatic carbocycles. The molecule has 0 bridgehead atoms. The minimum atomic E-state index is -0.453. The highest BCUT2D eigenvalue weighted by molar-refractivity contribution is 6.68. The summed E-state index contributed by atoms with van der Waals surface area (Å²) in [5, 5.41) is 20.4. The van der Waals surface area contributed by atoms with Gasteiger partial charge in [-0.05, 0) is 101 Å². The molecule has 5 aromatic carbocycles. The molecule has 4 nitrogen and oxygen atoms in total. The highest BCUT2D eigenvalue weighted by atomic mass is 19.1. The Balaban J connectivity index is 0.000000162.